The molecule has 0 aliphatic heterocycles. The van der Waals surface area contributed by atoms with Crippen molar-refractivity contribution in [1.82, 2.24) is 4.98 Å². The number of pyridine rings is 1. The van der Waals surface area contributed by atoms with Gasteiger partial charge in [0, 0.05) is 11.9 Å². The van der Waals surface area contributed by atoms with Gasteiger partial charge in [-0.25, -0.2) is 4.98 Å². The monoisotopic (exact) mass is 242 g/mol. The van der Waals surface area contributed by atoms with Crippen molar-refractivity contribution < 1.29 is 9.84 Å². The molecule has 4 nitrogen and oxygen atoms in total. The third-order valence-electron chi connectivity index (χ3n) is 2.00. The molecular formula is C11H18N2O2S. The number of aliphatic hydroxyl groups excluding tert-OH is 1. The topological polar surface area (TPSA) is 68.4 Å². The highest BCUT2D eigenvalue weighted by molar-refractivity contribution is 7.99. The summed E-state index contributed by atoms with van der Waals surface area (Å²) >= 11 is 1.61. The fourth-order valence-corrected chi connectivity index (χ4v) is 2.12. The molecule has 0 radical (unpaired) electrons. The summed E-state index contributed by atoms with van der Waals surface area (Å²) in [4.78, 5) is 4.32. The molecule has 0 saturated heterocycles. The second kappa shape index (κ2) is 6.60. The van der Waals surface area contributed by atoms with Crippen LogP contribution in [0, 0.1) is 0 Å². The van der Waals surface area contributed by atoms with Crippen LogP contribution < -0.4 is 10.5 Å². The largest absolute Gasteiger partial charge is 0.476 e. The summed E-state index contributed by atoms with van der Waals surface area (Å²) in [6.45, 7) is 4.70. The van der Waals surface area contributed by atoms with Crippen LogP contribution in [0.15, 0.2) is 17.2 Å². The van der Waals surface area contributed by atoms with E-state index in [9.17, 15) is 0 Å². The van der Waals surface area contributed by atoms with Crippen LogP contribution in [-0.2, 0) is 0 Å². The lowest BCUT2D eigenvalue weighted by molar-refractivity contribution is 0.289. The maximum Gasteiger partial charge on any atom is 0.238 e. The van der Waals surface area contributed by atoms with Gasteiger partial charge in [-0.1, -0.05) is 6.92 Å². The molecule has 1 aromatic rings. The SMILES string of the molecule is CCOc1nc(SC(C)CCO)ccc1N. The molecule has 0 aliphatic carbocycles. The highest BCUT2D eigenvalue weighted by Gasteiger charge is 2.08. The Morgan fingerprint density at radius 3 is 2.94 bits per heavy atom. The van der Waals surface area contributed by atoms with Gasteiger partial charge in [-0.2, -0.15) is 0 Å². The first-order valence-electron chi connectivity index (χ1n) is 5.34. The molecule has 0 aromatic carbocycles. The molecule has 16 heavy (non-hydrogen) atoms. The molecule has 0 bridgehead atoms. The number of hydrogen-bond donors (Lipinski definition) is 2. The number of rotatable bonds is 6. The second-order valence-electron chi connectivity index (χ2n) is 3.42. The fraction of sp³-hybridized carbons (Fsp3) is 0.545. The summed E-state index contributed by atoms with van der Waals surface area (Å²) in [5, 5.41) is 10.0. The Kier molecular flexibility index (Phi) is 5.42. The first kappa shape index (κ1) is 13.1. The van der Waals surface area contributed by atoms with E-state index in [0.717, 1.165) is 11.4 Å². The lowest BCUT2D eigenvalue weighted by Crippen LogP contribution is -2.03. The maximum atomic E-state index is 8.82. The van der Waals surface area contributed by atoms with Gasteiger partial charge in [0.25, 0.3) is 0 Å². The van der Waals surface area contributed by atoms with Crippen molar-refractivity contribution in [2.45, 2.75) is 30.5 Å². The van der Waals surface area contributed by atoms with Crippen molar-refractivity contribution in [3.05, 3.63) is 12.1 Å². The number of ether oxygens (including phenoxy) is 1. The van der Waals surface area contributed by atoms with Crippen molar-refractivity contribution in [3.63, 3.8) is 0 Å². The average Bonchev–Trinajstić information content (AvgIpc) is 2.24. The molecule has 0 fully saturated rings. The van der Waals surface area contributed by atoms with Gasteiger partial charge in [0.1, 0.15) is 5.03 Å². The number of nitrogen functional groups attached to an aromatic ring is 1. The Labute approximate surface area is 100 Å². The number of anilines is 1. The molecule has 0 spiro atoms. The van der Waals surface area contributed by atoms with Gasteiger partial charge < -0.3 is 15.6 Å². The van der Waals surface area contributed by atoms with E-state index in [2.05, 4.69) is 11.9 Å². The van der Waals surface area contributed by atoms with E-state index in [1.54, 1.807) is 17.8 Å². The van der Waals surface area contributed by atoms with Crippen molar-refractivity contribution in [3.8, 4) is 5.88 Å². The summed E-state index contributed by atoms with van der Waals surface area (Å²) in [5.74, 6) is 0.490. The van der Waals surface area contributed by atoms with Crippen LogP contribution >= 0.6 is 11.8 Å². The van der Waals surface area contributed by atoms with Crippen LogP contribution in [0.3, 0.4) is 0 Å². The van der Waals surface area contributed by atoms with E-state index in [4.69, 9.17) is 15.6 Å². The van der Waals surface area contributed by atoms with Gasteiger partial charge in [-0.15, -0.1) is 11.8 Å². The zero-order valence-electron chi connectivity index (χ0n) is 9.64. The Morgan fingerprint density at radius 1 is 1.56 bits per heavy atom. The van der Waals surface area contributed by atoms with Gasteiger partial charge in [-0.3, -0.25) is 0 Å². The summed E-state index contributed by atoms with van der Waals surface area (Å²) in [6.07, 6.45) is 0.751. The van der Waals surface area contributed by atoms with E-state index in [1.807, 2.05) is 13.0 Å². The van der Waals surface area contributed by atoms with E-state index >= 15 is 0 Å². The van der Waals surface area contributed by atoms with Crippen LogP contribution in [0.5, 0.6) is 5.88 Å². The highest BCUT2D eigenvalue weighted by atomic mass is 32.2. The van der Waals surface area contributed by atoms with Crippen LogP contribution in [0.1, 0.15) is 20.3 Å². The van der Waals surface area contributed by atoms with Crippen LogP contribution in [-0.4, -0.2) is 28.6 Å². The van der Waals surface area contributed by atoms with Crippen molar-refractivity contribution >= 4 is 17.4 Å². The quantitative estimate of drug-likeness (QED) is 0.746. The summed E-state index contributed by atoms with van der Waals surface area (Å²) in [6, 6.07) is 3.67. The molecule has 90 valence electrons. The average molecular weight is 242 g/mol. The zero-order valence-corrected chi connectivity index (χ0v) is 10.5. The molecule has 1 heterocycles. The molecule has 1 atom stereocenters. The van der Waals surface area contributed by atoms with Crippen LogP contribution in [0.4, 0.5) is 5.69 Å². The minimum absolute atomic E-state index is 0.196. The first-order chi connectivity index (χ1) is 7.67. The van der Waals surface area contributed by atoms with E-state index in [-0.39, 0.29) is 6.61 Å². The van der Waals surface area contributed by atoms with Gasteiger partial charge in [0.05, 0.1) is 12.3 Å². The molecule has 0 aliphatic rings. The summed E-state index contributed by atoms with van der Waals surface area (Å²) in [5.41, 5.74) is 6.28. The van der Waals surface area contributed by atoms with E-state index in [0.29, 0.717) is 23.4 Å². The molecule has 1 rings (SSSR count). The number of thioether (sulfide) groups is 1. The van der Waals surface area contributed by atoms with Gasteiger partial charge >= 0.3 is 0 Å². The van der Waals surface area contributed by atoms with Gasteiger partial charge in [0.2, 0.25) is 5.88 Å². The molecule has 5 heteroatoms. The van der Waals surface area contributed by atoms with E-state index < -0.39 is 0 Å². The Hall–Kier alpha value is -0.940. The Bertz CT molecular complexity index is 334. The molecule has 1 aromatic heterocycles. The predicted octanol–water partition coefficient (Wildman–Crippen LogP) is 1.93. The minimum atomic E-state index is 0.196. The van der Waals surface area contributed by atoms with E-state index in [1.165, 1.54) is 0 Å². The molecule has 0 amide bonds. The number of aromatic nitrogens is 1. The number of hydrogen-bond acceptors (Lipinski definition) is 5. The zero-order chi connectivity index (χ0) is 12.0. The van der Waals surface area contributed by atoms with Crippen LogP contribution in [0.25, 0.3) is 0 Å². The normalized spacial score (nSPS) is 12.4. The van der Waals surface area contributed by atoms with Crippen molar-refractivity contribution in [1.29, 1.82) is 0 Å². The Morgan fingerprint density at radius 2 is 2.31 bits per heavy atom. The fourth-order valence-electron chi connectivity index (χ4n) is 1.20. The molecule has 0 saturated carbocycles. The third-order valence-corrected chi connectivity index (χ3v) is 3.11. The lowest BCUT2D eigenvalue weighted by atomic mass is 10.3. The highest BCUT2D eigenvalue weighted by Crippen LogP contribution is 2.27. The smallest absolute Gasteiger partial charge is 0.238 e. The first-order valence-corrected chi connectivity index (χ1v) is 6.22. The summed E-state index contributed by atoms with van der Waals surface area (Å²) in [7, 11) is 0. The van der Waals surface area contributed by atoms with Gasteiger partial charge in [-0.05, 0) is 25.5 Å². The standard InChI is InChI=1S/C11H18N2O2S/c1-3-15-11-9(12)4-5-10(13-11)16-8(2)6-7-14/h4-5,8,14H,3,6-7,12H2,1-2H3. The number of nitrogens with two attached hydrogens (primary N) is 1. The Balaban J connectivity index is 2.70. The molecular weight excluding hydrogens is 224 g/mol. The van der Waals surface area contributed by atoms with Crippen LogP contribution in [0.2, 0.25) is 0 Å². The number of nitrogens with zero attached hydrogens (tertiary/aromatic N) is 1. The molecule has 3 N–H and O–H groups in total. The lowest BCUT2D eigenvalue weighted by Gasteiger charge is -2.11. The van der Waals surface area contributed by atoms with Gasteiger partial charge in [0.15, 0.2) is 0 Å². The third kappa shape index (κ3) is 3.90. The predicted molar refractivity (Wildman–Crippen MR) is 66.8 cm³/mol. The molecule has 1 unspecified atom stereocenters. The van der Waals surface area contributed by atoms with Crippen molar-refractivity contribution in [2.75, 3.05) is 18.9 Å². The second-order valence-corrected chi connectivity index (χ2v) is 4.88. The summed E-state index contributed by atoms with van der Waals surface area (Å²) < 4.78 is 5.32. The minimum Gasteiger partial charge on any atom is -0.476 e. The number of aliphatic hydroxyl groups is 1. The van der Waals surface area contributed by atoms with Crippen molar-refractivity contribution in [2.24, 2.45) is 0 Å². The maximum absolute atomic E-state index is 8.82.